The summed E-state index contributed by atoms with van der Waals surface area (Å²) in [4.78, 5) is 0. The molecule has 1 N–H and O–H groups in total. The van der Waals surface area contributed by atoms with Gasteiger partial charge in [-0.05, 0) is 7.05 Å². The van der Waals surface area contributed by atoms with Crippen molar-refractivity contribution >= 4 is 0 Å². The standard InChI is InChI=1S/C5H12N.U/c1-4-5(2)6-3;/h6H,4H2,1-3H3;/q-1;. The molecule has 0 aromatic heterocycles. The molecule has 0 fully saturated rings. The van der Waals surface area contributed by atoms with Crippen molar-refractivity contribution in [3.05, 3.63) is 6.04 Å². The van der Waals surface area contributed by atoms with E-state index >= 15 is 0 Å². The molecule has 0 saturated heterocycles. The van der Waals surface area contributed by atoms with E-state index in [1.807, 2.05) is 7.05 Å². The Hall–Kier alpha value is 1.01. The Kier molecular flexibility index (Phi) is 10.9. The van der Waals surface area contributed by atoms with Gasteiger partial charge in [0.2, 0.25) is 0 Å². The minimum atomic E-state index is 0. The monoisotopic (exact) mass is 324 g/mol. The van der Waals surface area contributed by atoms with Gasteiger partial charge >= 0.3 is 0 Å². The van der Waals surface area contributed by atoms with Crippen molar-refractivity contribution in [3.63, 3.8) is 0 Å². The van der Waals surface area contributed by atoms with Gasteiger partial charge in [-0.3, -0.25) is 6.04 Å². The summed E-state index contributed by atoms with van der Waals surface area (Å²) in [5.74, 6) is 0. The number of rotatable bonds is 2. The van der Waals surface area contributed by atoms with Crippen LogP contribution < -0.4 is 5.32 Å². The molecule has 0 rings (SSSR count). The van der Waals surface area contributed by atoms with E-state index in [0.29, 0.717) is 0 Å². The second-order valence-corrected chi connectivity index (χ2v) is 1.38. The maximum atomic E-state index is 3.03. The van der Waals surface area contributed by atoms with E-state index in [1.165, 1.54) is 6.04 Å². The van der Waals surface area contributed by atoms with Crippen LogP contribution in [0, 0.1) is 37.2 Å². The van der Waals surface area contributed by atoms with Crippen molar-refractivity contribution in [1.29, 1.82) is 0 Å². The van der Waals surface area contributed by atoms with Crippen molar-refractivity contribution in [2.75, 3.05) is 7.05 Å². The first-order valence-corrected chi connectivity index (χ1v) is 2.31. The van der Waals surface area contributed by atoms with E-state index in [0.717, 1.165) is 6.42 Å². The minimum absolute atomic E-state index is 0. The molecule has 0 aliphatic rings. The molecular formula is C5H12NU-. The molecule has 0 amide bonds. The molecule has 0 atom stereocenters. The van der Waals surface area contributed by atoms with Crippen molar-refractivity contribution in [1.82, 2.24) is 5.32 Å². The molecule has 2 heteroatoms. The van der Waals surface area contributed by atoms with Crippen LogP contribution in [0.2, 0.25) is 0 Å². The fraction of sp³-hybridized carbons (Fsp3) is 0.800. The smallest absolute Gasteiger partial charge is 0 e. The zero-order chi connectivity index (χ0) is 4.99. The normalized spacial score (nSPS) is 8.57. The Morgan fingerprint density at radius 2 is 2.00 bits per heavy atom. The summed E-state index contributed by atoms with van der Waals surface area (Å²) in [5, 5.41) is 3.03. The van der Waals surface area contributed by atoms with Gasteiger partial charge in [0.1, 0.15) is 0 Å². The molecule has 0 spiro atoms. The van der Waals surface area contributed by atoms with Gasteiger partial charge in [-0.1, -0.05) is 6.92 Å². The van der Waals surface area contributed by atoms with Crippen LogP contribution >= 0.6 is 0 Å². The molecule has 0 radical (unpaired) electrons. The topological polar surface area (TPSA) is 12.0 Å². The third-order valence-electron chi connectivity index (χ3n) is 0.957. The summed E-state index contributed by atoms with van der Waals surface area (Å²) in [7, 11) is 1.94. The van der Waals surface area contributed by atoms with Crippen molar-refractivity contribution < 1.29 is 31.1 Å². The molecule has 0 bridgehead atoms. The SMILES string of the molecule is CC[C-](C)NC.[U]. The van der Waals surface area contributed by atoms with Crippen LogP contribution in [0.3, 0.4) is 0 Å². The molecule has 0 aliphatic carbocycles. The van der Waals surface area contributed by atoms with Crippen molar-refractivity contribution in [2.24, 2.45) is 0 Å². The van der Waals surface area contributed by atoms with Gasteiger partial charge in [0.05, 0.1) is 0 Å². The summed E-state index contributed by atoms with van der Waals surface area (Å²) in [6.07, 6.45) is 1.14. The van der Waals surface area contributed by atoms with Crippen LogP contribution in [-0.2, 0) is 0 Å². The summed E-state index contributed by atoms with van der Waals surface area (Å²) in [6.45, 7) is 4.21. The van der Waals surface area contributed by atoms with E-state index in [1.54, 1.807) is 0 Å². The third kappa shape index (κ3) is 7.01. The predicted octanol–water partition coefficient (Wildman–Crippen LogP) is 1.17. The Balaban J connectivity index is 0. The maximum absolute atomic E-state index is 3.03. The first-order valence-electron chi connectivity index (χ1n) is 2.31. The number of nitrogens with one attached hydrogen (secondary N) is 1. The molecule has 0 aliphatic heterocycles. The van der Waals surface area contributed by atoms with Gasteiger partial charge < -0.3 is 5.32 Å². The average molecular weight is 324 g/mol. The summed E-state index contributed by atoms with van der Waals surface area (Å²) in [5.41, 5.74) is 0. The van der Waals surface area contributed by atoms with E-state index in [4.69, 9.17) is 0 Å². The fourth-order valence-corrected chi connectivity index (χ4v) is 0.177. The van der Waals surface area contributed by atoms with Crippen LogP contribution in [0.1, 0.15) is 20.3 Å². The van der Waals surface area contributed by atoms with Gasteiger partial charge in [-0.25, -0.2) is 0 Å². The van der Waals surface area contributed by atoms with Crippen LogP contribution in [-0.4, -0.2) is 7.05 Å². The zero-order valence-corrected chi connectivity index (χ0v) is 9.37. The molecule has 0 heterocycles. The van der Waals surface area contributed by atoms with E-state index in [-0.39, 0.29) is 31.1 Å². The summed E-state index contributed by atoms with van der Waals surface area (Å²) < 4.78 is 0. The maximum Gasteiger partial charge on any atom is 0 e. The molecule has 7 heavy (non-hydrogen) atoms. The second kappa shape index (κ2) is 7.01. The number of hydrogen-bond acceptors (Lipinski definition) is 1. The molecule has 42 valence electrons. The van der Waals surface area contributed by atoms with E-state index < -0.39 is 0 Å². The average Bonchev–Trinajstić information content (AvgIpc) is 1.65. The van der Waals surface area contributed by atoms with E-state index in [9.17, 15) is 0 Å². The molecule has 0 unspecified atom stereocenters. The van der Waals surface area contributed by atoms with E-state index in [2.05, 4.69) is 19.2 Å². The molecule has 0 aromatic rings. The third-order valence-corrected chi connectivity index (χ3v) is 0.957. The van der Waals surface area contributed by atoms with Gasteiger partial charge in [0.15, 0.2) is 0 Å². The zero-order valence-electron chi connectivity index (χ0n) is 5.21. The van der Waals surface area contributed by atoms with Crippen LogP contribution in [0.25, 0.3) is 0 Å². The Morgan fingerprint density at radius 1 is 1.57 bits per heavy atom. The second-order valence-electron chi connectivity index (χ2n) is 1.38. The molecule has 0 saturated carbocycles. The van der Waals surface area contributed by atoms with Gasteiger partial charge in [-0.2, -0.15) is 13.3 Å². The van der Waals surface area contributed by atoms with Gasteiger partial charge in [0, 0.05) is 31.1 Å². The Morgan fingerprint density at radius 3 is 2.00 bits per heavy atom. The summed E-state index contributed by atoms with van der Waals surface area (Å²) in [6, 6.07) is 1.34. The quantitative estimate of drug-likeness (QED) is 0.752. The molecule has 0 aromatic carbocycles. The first-order chi connectivity index (χ1) is 2.81. The molecular weight excluding hydrogens is 312 g/mol. The van der Waals surface area contributed by atoms with Crippen LogP contribution in [0.15, 0.2) is 0 Å². The van der Waals surface area contributed by atoms with Crippen molar-refractivity contribution in [2.45, 2.75) is 20.3 Å². The largest absolute Gasteiger partial charge is 0.470 e. The van der Waals surface area contributed by atoms with Gasteiger partial charge in [0.25, 0.3) is 0 Å². The van der Waals surface area contributed by atoms with Crippen LogP contribution in [0.5, 0.6) is 0 Å². The fourth-order valence-electron chi connectivity index (χ4n) is 0.177. The number of hydrogen-bond donors (Lipinski definition) is 1. The Labute approximate surface area is 69.6 Å². The predicted molar refractivity (Wildman–Crippen MR) is 28.3 cm³/mol. The minimum Gasteiger partial charge on any atom is -0.470 e. The Bertz CT molecular complexity index is 27.3. The van der Waals surface area contributed by atoms with Crippen LogP contribution in [0.4, 0.5) is 0 Å². The van der Waals surface area contributed by atoms with Crippen molar-refractivity contribution in [3.8, 4) is 0 Å². The van der Waals surface area contributed by atoms with Gasteiger partial charge in [-0.15, -0.1) is 0 Å². The first kappa shape index (κ1) is 10.9. The summed E-state index contributed by atoms with van der Waals surface area (Å²) >= 11 is 0. The molecule has 1 nitrogen and oxygen atoms in total.